The number of piperidine rings is 1. The van der Waals surface area contributed by atoms with Gasteiger partial charge in [0.1, 0.15) is 0 Å². The van der Waals surface area contributed by atoms with Crippen LogP contribution in [-0.4, -0.2) is 24.3 Å². The molecule has 0 spiro atoms. The van der Waals surface area contributed by atoms with Gasteiger partial charge in [-0.1, -0.05) is 20.8 Å². The largest absolute Gasteiger partial charge is 0.396 e. The summed E-state index contributed by atoms with van der Waals surface area (Å²) in [4.78, 5) is 0. The maximum absolute atomic E-state index is 8.89. The molecule has 78 valence electrons. The van der Waals surface area contributed by atoms with Gasteiger partial charge in [-0.3, -0.25) is 0 Å². The molecule has 1 saturated heterocycles. The summed E-state index contributed by atoms with van der Waals surface area (Å²) in [5.74, 6) is 0.732. The molecule has 0 aliphatic carbocycles. The second-order valence-electron chi connectivity index (χ2n) is 5.28. The highest BCUT2D eigenvalue weighted by atomic mass is 16.3. The first-order valence-electron chi connectivity index (χ1n) is 5.38. The van der Waals surface area contributed by atoms with Gasteiger partial charge in [0.15, 0.2) is 0 Å². The van der Waals surface area contributed by atoms with Gasteiger partial charge < -0.3 is 10.4 Å². The Morgan fingerprint density at radius 3 is 2.62 bits per heavy atom. The van der Waals surface area contributed by atoms with Gasteiger partial charge in [-0.15, -0.1) is 0 Å². The molecule has 0 bridgehead atoms. The Morgan fingerprint density at radius 2 is 2.08 bits per heavy atom. The van der Waals surface area contributed by atoms with Crippen molar-refractivity contribution >= 4 is 0 Å². The molecule has 0 radical (unpaired) electrons. The van der Waals surface area contributed by atoms with E-state index in [2.05, 4.69) is 26.1 Å². The van der Waals surface area contributed by atoms with E-state index in [4.69, 9.17) is 5.11 Å². The molecule has 2 nitrogen and oxygen atoms in total. The number of rotatable bonds is 2. The van der Waals surface area contributed by atoms with Crippen LogP contribution >= 0.6 is 0 Å². The Kier molecular flexibility index (Phi) is 3.74. The van der Waals surface area contributed by atoms with E-state index >= 15 is 0 Å². The quantitative estimate of drug-likeness (QED) is 0.687. The van der Waals surface area contributed by atoms with Gasteiger partial charge in [0.05, 0.1) is 0 Å². The maximum Gasteiger partial charge on any atom is 0.0433 e. The zero-order chi connectivity index (χ0) is 9.90. The molecular formula is C11H23NO. The third kappa shape index (κ3) is 3.28. The van der Waals surface area contributed by atoms with Crippen LogP contribution in [0.3, 0.4) is 0 Å². The van der Waals surface area contributed by atoms with E-state index in [0.29, 0.717) is 18.1 Å². The van der Waals surface area contributed by atoms with Crippen LogP contribution in [0.2, 0.25) is 0 Å². The Morgan fingerprint density at radius 1 is 1.38 bits per heavy atom. The highest BCUT2D eigenvalue weighted by Gasteiger charge is 2.29. The minimum Gasteiger partial charge on any atom is -0.396 e. The Bertz CT molecular complexity index is 149. The number of hydrogen-bond donors (Lipinski definition) is 2. The molecule has 0 aromatic carbocycles. The first-order valence-corrected chi connectivity index (χ1v) is 5.38. The third-order valence-corrected chi connectivity index (χ3v) is 3.10. The lowest BCUT2D eigenvalue weighted by Crippen LogP contribution is -2.46. The van der Waals surface area contributed by atoms with Gasteiger partial charge in [-0.05, 0) is 37.1 Å². The molecule has 2 N–H and O–H groups in total. The molecule has 0 saturated carbocycles. The summed E-state index contributed by atoms with van der Waals surface area (Å²) in [6.07, 6.45) is 3.44. The standard InChI is InChI=1S/C11H23NO/c1-11(2,3)10-8-9(5-7-13)4-6-12-10/h9-10,12-13H,4-8H2,1-3H3. The highest BCUT2D eigenvalue weighted by molar-refractivity contribution is 4.86. The zero-order valence-corrected chi connectivity index (χ0v) is 9.14. The van der Waals surface area contributed by atoms with E-state index in [0.717, 1.165) is 18.9 Å². The molecule has 2 unspecified atom stereocenters. The van der Waals surface area contributed by atoms with Crippen molar-refractivity contribution in [1.29, 1.82) is 0 Å². The van der Waals surface area contributed by atoms with E-state index in [1.165, 1.54) is 12.8 Å². The molecule has 1 aliphatic rings. The molecule has 0 aromatic heterocycles. The van der Waals surface area contributed by atoms with Crippen LogP contribution in [0, 0.1) is 11.3 Å². The van der Waals surface area contributed by atoms with Gasteiger partial charge in [0.2, 0.25) is 0 Å². The van der Waals surface area contributed by atoms with Crippen molar-refractivity contribution in [2.75, 3.05) is 13.2 Å². The van der Waals surface area contributed by atoms with Crippen LogP contribution in [0.4, 0.5) is 0 Å². The van der Waals surface area contributed by atoms with E-state index in [-0.39, 0.29) is 0 Å². The van der Waals surface area contributed by atoms with Gasteiger partial charge in [0, 0.05) is 12.6 Å². The van der Waals surface area contributed by atoms with Gasteiger partial charge in [0.25, 0.3) is 0 Å². The SMILES string of the molecule is CC(C)(C)C1CC(CCO)CCN1. The normalized spacial score (nSPS) is 30.5. The fourth-order valence-electron chi connectivity index (χ4n) is 2.10. The van der Waals surface area contributed by atoms with Gasteiger partial charge in [-0.2, -0.15) is 0 Å². The topological polar surface area (TPSA) is 32.3 Å². The maximum atomic E-state index is 8.89. The van der Waals surface area contributed by atoms with E-state index < -0.39 is 0 Å². The smallest absolute Gasteiger partial charge is 0.0433 e. The molecule has 13 heavy (non-hydrogen) atoms. The molecule has 2 atom stereocenters. The summed E-state index contributed by atoms with van der Waals surface area (Å²) in [6.45, 7) is 8.32. The summed E-state index contributed by atoms with van der Waals surface area (Å²) in [7, 11) is 0. The van der Waals surface area contributed by atoms with Crippen LogP contribution < -0.4 is 5.32 Å². The minimum atomic E-state index is 0.349. The van der Waals surface area contributed by atoms with E-state index in [9.17, 15) is 0 Å². The lowest BCUT2D eigenvalue weighted by molar-refractivity contribution is 0.159. The zero-order valence-electron chi connectivity index (χ0n) is 9.14. The number of nitrogens with one attached hydrogen (secondary N) is 1. The van der Waals surface area contributed by atoms with Crippen molar-refractivity contribution in [2.45, 2.75) is 46.1 Å². The lowest BCUT2D eigenvalue weighted by atomic mass is 9.77. The fraction of sp³-hybridized carbons (Fsp3) is 1.00. The van der Waals surface area contributed by atoms with Gasteiger partial charge in [-0.25, -0.2) is 0 Å². The summed E-state index contributed by atoms with van der Waals surface area (Å²) >= 11 is 0. The lowest BCUT2D eigenvalue weighted by Gasteiger charge is -2.38. The number of hydrogen-bond acceptors (Lipinski definition) is 2. The van der Waals surface area contributed by atoms with Crippen molar-refractivity contribution in [2.24, 2.45) is 11.3 Å². The van der Waals surface area contributed by atoms with E-state index in [1.54, 1.807) is 0 Å². The number of aliphatic hydroxyl groups excluding tert-OH is 1. The van der Waals surface area contributed by atoms with Crippen molar-refractivity contribution in [3.05, 3.63) is 0 Å². The number of aliphatic hydroxyl groups is 1. The Hall–Kier alpha value is -0.0800. The van der Waals surface area contributed by atoms with Crippen LogP contribution in [0.5, 0.6) is 0 Å². The minimum absolute atomic E-state index is 0.349. The predicted octanol–water partition coefficient (Wildman–Crippen LogP) is 1.78. The van der Waals surface area contributed by atoms with Crippen molar-refractivity contribution in [3.63, 3.8) is 0 Å². The molecule has 2 heteroatoms. The van der Waals surface area contributed by atoms with E-state index in [1.807, 2.05) is 0 Å². The molecule has 1 rings (SSSR count). The summed E-state index contributed by atoms with van der Waals surface area (Å²) in [5.41, 5.74) is 0.355. The average Bonchev–Trinajstić information content (AvgIpc) is 2.04. The predicted molar refractivity (Wildman–Crippen MR) is 55.7 cm³/mol. The van der Waals surface area contributed by atoms with Crippen molar-refractivity contribution in [1.82, 2.24) is 5.32 Å². The van der Waals surface area contributed by atoms with Crippen LogP contribution in [0.1, 0.15) is 40.0 Å². The van der Waals surface area contributed by atoms with Crippen molar-refractivity contribution in [3.8, 4) is 0 Å². The average molecular weight is 185 g/mol. The Labute approximate surface area is 81.7 Å². The monoisotopic (exact) mass is 185 g/mol. The molecular weight excluding hydrogens is 162 g/mol. The van der Waals surface area contributed by atoms with Crippen LogP contribution in [0.25, 0.3) is 0 Å². The molecule has 1 heterocycles. The summed E-state index contributed by atoms with van der Waals surface area (Å²) < 4.78 is 0. The second kappa shape index (κ2) is 4.43. The summed E-state index contributed by atoms with van der Waals surface area (Å²) in [5, 5.41) is 12.5. The van der Waals surface area contributed by atoms with Gasteiger partial charge >= 0.3 is 0 Å². The molecule has 1 fully saturated rings. The highest BCUT2D eigenvalue weighted by Crippen LogP contribution is 2.29. The molecule has 0 aromatic rings. The third-order valence-electron chi connectivity index (χ3n) is 3.10. The summed E-state index contributed by atoms with van der Waals surface area (Å²) in [6, 6.07) is 0.623. The Balaban J connectivity index is 2.42. The van der Waals surface area contributed by atoms with Crippen molar-refractivity contribution < 1.29 is 5.11 Å². The first-order chi connectivity index (χ1) is 6.04. The van der Waals surface area contributed by atoms with Crippen LogP contribution in [-0.2, 0) is 0 Å². The molecule has 1 aliphatic heterocycles. The van der Waals surface area contributed by atoms with Crippen LogP contribution in [0.15, 0.2) is 0 Å². The second-order valence-corrected chi connectivity index (χ2v) is 5.28. The fourth-order valence-corrected chi connectivity index (χ4v) is 2.10. The first kappa shape index (κ1) is 11.0. The molecule has 0 amide bonds.